The van der Waals surface area contributed by atoms with E-state index in [0.717, 1.165) is 6.08 Å². The number of halogens is 1. The van der Waals surface area contributed by atoms with Crippen LogP contribution in [0.4, 0.5) is 0 Å². The third-order valence-electron chi connectivity index (χ3n) is 3.07. The van der Waals surface area contributed by atoms with E-state index in [-0.39, 0.29) is 36.2 Å². The molecule has 0 spiro atoms. The van der Waals surface area contributed by atoms with Gasteiger partial charge in [-0.1, -0.05) is 18.2 Å². The van der Waals surface area contributed by atoms with Crippen LogP contribution in [-0.4, -0.2) is 36.2 Å². The number of carbonyl (C=O) groups is 3. The Hall–Kier alpha value is -2.54. The Bertz CT molecular complexity index is 668. The maximum atomic E-state index is 11.9. The number of fused-ring (bicyclic) bond motifs is 1. The summed E-state index contributed by atoms with van der Waals surface area (Å²) in [4.78, 5) is 34.6. The lowest BCUT2D eigenvalue weighted by Gasteiger charge is -2.22. The van der Waals surface area contributed by atoms with Crippen LogP contribution < -0.4 is 4.74 Å². The number of phenols is 1. The Labute approximate surface area is 136 Å². The molecule has 1 aromatic carbocycles. The third-order valence-corrected chi connectivity index (χ3v) is 3.37. The number of aromatic hydroxyl groups is 1. The molecule has 0 fully saturated rings. The molecule has 0 aliphatic carbocycles. The number of rotatable bonds is 5. The summed E-state index contributed by atoms with van der Waals surface area (Å²) in [5, 5.41) is 9.57. The Morgan fingerprint density at radius 1 is 1.39 bits per heavy atom. The second-order valence-corrected chi connectivity index (χ2v) is 5.04. The van der Waals surface area contributed by atoms with E-state index >= 15 is 0 Å². The van der Waals surface area contributed by atoms with Crippen LogP contribution >= 0.6 is 11.6 Å². The molecule has 7 nitrogen and oxygen atoms in total. The number of hydrogen-bond acceptors (Lipinski definition) is 7. The summed E-state index contributed by atoms with van der Waals surface area (Å²) in [5.41, 5.74) is 0.507. The lowest BCUT2D eigenvalue weighted by Crippen LogP contribution is -2.35. The van der Waals surface area contributed by atoms with Crippen molar-refractivity contribution in [2.45, 2.75) is 6.42 Å². The van der Waals surface area contributed by atoms with Crippen LogP contribution in [-0.2, 0) is 30.3 Å². The summed E-state index contributed by atoms with van der Waals surface area (Å²) in [6.45, 7) is 2.89. The van der Waals surface area contributed by atoms with Crippen LogP contribution in [0.15, 0.2) is 24.8 Å². The molecular weight excluding hydrogens is 328 g/mol. The number of phenolic OH excluding ortho intramolecular Hbond substituents is 1. The fraction of sp³-hybridized carbons (Fsp3) is 0.267. The zero-order valence-corrected chi connectivity index (χ0v) is 12.7. The molecule has 1 aliphatic rings. The minimum Gasteiger partial charge on any atom is -0.506 e. The molecule has 0 amide bonds. The van der Waals surface area contributed by atoms with Crippen molar-refractivity contribution >= 4 is 29.5 Å². The van der Waals surface area contributed by atoms with Crippen LogP contribution in [0.5, 0.6) is 11.5 Å². The summed E-state index contributed by atoms with van der Waals surface area (Å²) in [5.74, 6) is -3.42. The van der Waals surface area contributed by atoms with Gasteiger partial charge in [-0.3, -0.25) is 9.59 Å². The quantitative estimate of drug-likeness (QED) is 0.284. The second kappa shape index (κ2) is 7.15. The molecule has 1 aromatic rings. The summed E-state index contributed by atoms with van der Waals surface area (Å²) in [6, 6.07) is 2.64. The number of carbonyl (C=O) groups excluding carboxylic acids is 3. The normalized spacial score (nSPS) is 16.0. The van der Waals surface area contributed by atoms with Crippen LogP contribution in [0.3, 0.4) is 0 Å². The molecule has 1 unspecified atom stereocenters. The van der Waals surface area contributed by atoms with E-state index in [0.29, 0.717) is 5.56 Å². The summed E-state index contributed by atoms with van der Waals surface area (Å²) in [6.07, 6.45) is 1.02. The van der Waals surface area contributed by atoms with Crippen molar-refractivity contribution in [3.8, 4) is 11.5 Å². The fourth-order valence-electron chi connectivity index (χ4n) is 1.94. The zero-order valence-electron chi connectivity index (χ0n) is 11.9. The molecule has 1 atom stereocenters. The Morgan fingerprint density at radius 3 is 2.78 bits per heavy atom. The highest BCUT2D eigenvalue weighted by molar-refractivity contribution is 6.32. The molecule has 23 heavy (non-hydrogen) atoms. The van der Waals surface area contributed by atoms with E-state index in [4.69, 9.17) is 21.1 Å². The monoisotopic (exact) mass is 340 g/mol. The Balaban J connectivity index is 1.96. The Morgan fingerprint density at radius 2 is 2.09 bits per heavy atom. The van der Waals surface area contributed by atoms with Crippen LogP contribution in [0, 0.1) is 5.92 Å². The van der Waals surface area contributed by atoms with E-state index in [1.54, 1.807) is 0 Å². The van der Waals surface area contributed by atoms with Crippen molar-refractivity contribution < 1.29 is 33.7 Å². The van der Waals surface area contributed by atoms with Crippen molar-refractivity contribution in [2.24, 2.45) is 5.92 Å². The maximum Gasteiger partial charge on any atom is 0.330 e. The van der Waals surface area contributed by atoms with E-state index in [2.05, 4.69) is 11.3 Å². The van der Waals surface area contributed by atoms with Gasteiger partial charge in [0.2, 0.25) is 0 Å². The van der Waals surface area contributed by atoms with Gasteiger partial charge in [-0.25, -0.2) is 4.79 Å². The minimum absolute atomic E-state index is 0.0411. The van der Waals surface area contributed by atoms with Gasteiger partial charge < -0.3 is 19.3 Å². The minimum atomic E-state index is -1.14. The number of esters is 3. The van der Waals surface area contributed by atoms with Gasteiger partial charge in [0.25, 0.3) is 0 Å². The van der Waals surface area contributed by atoms with Gasteiger partial charge in [-0.2, -0.15) is 0 Å². The van der Waals surface area contributed by atoms with E-state index in [1.807, 2.05) is 0 Å². The van der Waals surface area contributed by atoms with Gasteiger partial charge >= 0.3 is 17.9 Å². The highest BCUT2D eigenvalue weighted by atomic mass is 35.5. The molecule has 1 heterocycles. The lowest BCUT2D eigenvalue weighted by atomic mass is 9.96. The average molecular weight is 341 g/mol. The second-order valence-electron chi connectivity index (χ2n) is 4.63. The van der Waals surface area contributed by atoms with Crippen molar-refractivity contribution in [1.82, 2.24) is 0 Å². The van der Waals surface area contributed by atoms with Gasteiger partial charge in [0.15, 0.2) is 5.92 Å². The van der Waals surface area contributed by atoms with Crippen molar-refractivity contribution in [3.05, 3.63) is 35.4 Å². The summed E-state index contributed by atoms with van der Waals surface area (Å²) in [7, 11) is 0. The first kappa shape index (κ1) is 16.8. The topological polar surface area (TPSA) is 99.1 Å². The number of ether oxygens (including phenoxy) is 3. The third kappa shape index (κ3) is 4.01. The molecule has 1 aliphatic heterocycles. The van der Waals surface area contributed by atoms with E-state index in [9.17, 15) is 19.5 Å². The van der Waals surface area contributed by atoms with E-state index < -0.39 is 23.8 Å². The molecule has 1 N–H and O–H groups in total. The van der Waals surface area contributed by atoms with Crippen LogP contribution in [0.25, 0.3) is 0 Å². The van der Waals surface area contributed by atoms with Crippen molar-refractivity contribution in [3.63, 3.8) is 0 Å². The molecule has 0 saturated heterocycles. The molecule has 0 radical (unpaired) electrons. The highest BCUT2D eigenvalue weighted by Gasteiger charge is 2.36. The standard InChI is InChI=1S/C15H13ClO7/c1-2-13(18)21-3-4-22-14(19)9-5-8-6-10(16)11(17)7-12(8)23-15(9)20/h2,6-7,9,17H,1,3-5H2. The predicted molar refractivity (Wildman–Crippen MR) is 78.1 cm³/mol. The lowest BCUT2D eigenvalue weighted by molar-refractivity contribution is -0.160. The highest BCUT2D eigenvalue weighted by Crippen LogP contribution is 2.36. The fourth-order valence-corrected chi connectivity index (χ4v) is 2.13. The van der Waals surface area contributed by atoms with Crippen LogP contribution in [0.2, 0.25) is 5.02 Å². The van der Waals surface area contributed by atoms with Crippen LogP contribution in [0.1, 0.15) is 5.56 Å². The van der Waals surface area contributed by atoms with Crippen molar-refractivity contribution in [1.29, 1.82) is 0 Å². The molecule has 0 saturated carbocycles. The summed E-state index contributed by atoms with van der Waals surface area (Å²) < 4.78 is 14.5. The largest absolute Gasteiger partial charge is 0.506 e. The average Bonchev–Trinajstić information content (AvgIpc) is 2.52. The Kier molecular flexibility index (Phi) is 5.23. The first-order chi connectivity index (χ1) is 10.9. The zero-order chi connectivity index (χ0) is 17.0. The number of hydrogen-bond donors (Lipinski definition) is 1. The number of benzene rings is 1. The predicted octanol–water partition coefficient (Wildman–Crippen LogP) is 1.40. The molecule has 2 rings (SSSR count). The molecule has 122 valence electrons. The van der Waals surface area contributed by atoms with Gasteiger partial charge in [0, 0.05) is 18.6 Å². The van der Waals surface area contributed by atoms with Gasteiger partial charge in [0.05, 0.1) is 5.02 Å². The SMILES string of the molecule is C=CC(=O)OCCOC(=O)C1Cc2cc(Cl)c(O)cc2OC1=O. The van der Waals surface area contributed by atoms with Gasteiger partial charge in [-0.15, -0.1) is 0 Å². The molecular formula is C15H13ClO7. The van der Waals surface area contributed by atoms with Gasteiger partial charge in [0.1, 0.15) is 24.7 Å². The maximum absolute atomic E-state index is 11.9. The molecule has 0 aromatic heterocycles. The summed E-state index contributed by atoms with van der Waals surface area (Å²) >= 11 is 5.79. The molecule has 8 heteroatoms. The first-order valence-electron chi connectivity index (χ1n) is 6.61. The molecule has 0 bridgehead atoms. The smallest absolute Gasteiger partial charge is 0.330 e. The van der Waals surface area contributed by atoms with Crippen molar-refractivity contribution in [2.75, 3.05) is 13.2 Å². The first-order valence-corrected chi connectivity index (χ1v) is 6.99. The van der Waals surface area contributed by atoms with Gasteiger partial charge in [-0.05, 0) is 11.6 Å². The van der Waals surface area contributed by atoms with E-state index in [1.165, 1.54) is 12.1 Å².